The minimum atomic E-state index is 0.838. The molecule has 4 nitrogen and oxygen atoms in total. The van der Waals surface area contributed by atoms with Crippen LogP contribution in [-0.4, -0.2) is 20.2 Å². The lowest BCUT2D eigenvalue weighted by Crippen LogP contribution is -1.77. The van der Waals surface area contributed by atoms with Crippen LogP contribution in [0.5, 0.6) is 0 Å². The van der Waals surface area contributed by atoms with Gasteiger partial charge in [0.2, 0.25) is 0 Å². The molecule has 2 N–H and O–H groups in total. The largest absolute Gasteiger partial charge is 0.338 e. The second-order valence-corrected chi connectivity index (χ2v) is 4.61. The molecule has 0 aliphatic carbocycles. The molecule has 0 bridgehead atoms. The van der Waals surface area contributed by atoms with Crippen LogP contribution < -0.4 is 0 Å². The van der Waals surface area contributed by atoms with Crippen LogP contribution in [0.2, 0.25) is 0 Å². The Hall–Kier alpha value is -1.62. The molecular weight excluding hydrogens is 268 g/mol. The number of nitrogens with zero attached hydrogens (tertiary/aromatic N) is 2. The molecule has 0 radical (unpaired) electrons. The molecule has 16 heavy (non-hydrogen) atoms. The first-order valence-corrected chi connectivity index (χ1v) is 5.68. The number of imidazole rings is 1. The summed E-state index contributed by atoms with van der Waals surface area (Å²) in [6.07, 6.45) is 3.57. The highest BCUT2D eigenvalue weighted by molar-refractivity contribution is 9.10. The highest BCUT2D eigenvalue weighted by Gasteiger charge is 2.08. The fraction of sp³-hybridized carbons (Fsp3) is 0.0909. The average Bonchev–Trinajstić information content (AvgIpc) is 2.82. The Labute approximate surface area is 100 Å². The predicted molar refractivity (Wildman–Crippen MR) is 66.1 cm³/mol. The van der Waals surface area contributed by atoms with Crippen LogP contribution in [0.4, 0.5) is 0 Å². The van der Waals surface area contributed by atoms with Crippen molar-refractivity contribution in [2.45, 2.75) is 6.92 Å². The number of fused-ring (bicyclic) bond motifs is 1. The second-order valence-electron chi connectivity index (χ2n) is 3.69. The van der Waals surface area contributed by atoms with Crippen molar-refractivity contribution in [3.8, 4) is 11.4 Å². The molecule has 0 amide bonds. The van der Waals surface area contributed by atoms with Crippen LogP contribution in [0.1, 0.15) is 5.56 Å². The van der Waals surface area contributed by atoms with Crippen molar-refractivity contribution in [2.75, 3.05) is 0 Å². The van der Waals surface area contributed by atoms with Crippen molar-refractivity contribution in [1.82, 2.24) is 20.2 Å². The zero-order valence-electron chi connectivity index (χ0n) is 8.58. The third-order valence-electron chi connectivity index (χ3n) is 2.51. The van der Waals surface area contributed by atoms with E-state index in [0.29, 0.717) is 0 Å². The number of benzene rings is 1. The van der Waals surface area contributed by atoms with E-state index in [4.69, 9.17) is 0 Å². The van der Waals surface area contributed by atoms with Crippen molar-refractivity contribution in [2.24, 2.45) is 0 Å². The van der Waals surface area contributed by atoms with E-state index in [2.05, 4.69) is 42.2 Å². The normalized spacial score (nSPS) is 11.1. The molecule has 2 aromatic heterocycles. The van der Waals surface area contributed by atoms with E-state index >= 15 is 0 Å². The number of nitrogens with one attached hydrogen (secondary N) is 2. The number of H-pyrrole nitrogens is 2. The maximum absolute atomic E-state index is 4.56. The van der Waals surface area contributed by atoms with Crippen molar-refractivity contribution in [3.05, 3.63) is 34.6 Å². The highest BCUT2D eigenvalue weighted by Crippen LogP contribution is 2.25. The highest BCUT2D eigenvalue weighted by atomic mass is 79.9. The first-order valence-electron chi connectivity index (χ1n) is 4.89. The summed E-state index contributed by atoms with van der Waals surface area (Å²) in [6, 6.07) is 4.08. The number of aromatic nitrogens is 4. The lowest BCUT2D eigenvalue weighted by Gasteiger charge is -1.94. The Morgan fingerprint density at radius 1 is 1.31 bits per heavy atom. The fourth-order valence-electron chi connectivity index (χ4n) is 1.76. The van der Waals surface area contributed by atoms with Gasteiger partial charge in [-0.2, -0.15) is 5.10 Å². The van der Waals surface area contributed by atoms with Crippen LogP contribution in [0.3, 0.4) is 0 Å². The number of halogens is 1. The molecule has 3 aromatic rings. The maximum atomic E-state index is 4.56. The smallest absolute Gasteiger partial charge is 0.141 e. The van der Waals surface area contributed by atoms with E-state index in [0.717, 1.165) is 32.5 Å². The van der Waals surface area contributed by atoms with E-state index in [1.165, 1.54) is 0 Å². The molecule has 0 fully saturated rings. The van der Waals surface area contributed by atoms with Gasteiger partial charge in [-0.15, -0.1) is 0 Å². The summed E-state index contributed by atoms with van der Waals surface area (Å²) in [5.41, 5.74) is 4.14. The number of hydrogen-bond acceptors (Lipinski definition) is 2. The predicted octanol–water partition coefficient (Wildman–Crippen LogP) is 3.02. The molecular formula is C11H9BrN4. The van der Waals surface area contributed by atoms with Gasteiger partial charge in [0.1, 0.15) is 5.82 Å². The quantitative estimate of drug-likeness (QED) is 0.718. The Kier molecular flexibility index (Phi) is 2.07. The molecule has 80 valence electrons. The molecule has 0 saturated carbocycles. The van der Waals surface area contributed by atoms with Gasteiger partial charge in [-0.1, -0.05) is 15.9 Å². The van der Waals surface area contributed by atoms with E-state index in [1.807, 2.05) is 19.2 Å². The lowest BCUT2D eigenvalue weighted by atomic mass is 10.2. The first-order chi connectivity index (χ1) is 7.74. The van der Waals surface area contributed by atoms with Gasteiger partial charge in [0.05, 0.1) is 22.8 Å². The van der Waals surface area contributed by atoms with E-state index in [1.54, 1.807) is 6.20 Å². The topological polar surface area (TPSA) is 57.4 Å². The maximum Gasteiger partial charge on any atom is 0.141 e. The summed E-state index contributed by atoms with van der Waals surface area (Å²) in [5, 5.41) is 6.69. The van der Waals surface area contributed by atoms with Crippen LogP contribution in [0.15, 0.2) is 29.0 Å². The van der Waals surface area contributed by atoms with Gasteiger partial charge in [-0.25, -0.2) is 4.98 Å². The second kappa shape index (κ2) is 3.45. The summed E-state index contributed by atoms with van der Waals surface area (Å²) < 4.78 is 1.06. The minimum absolute atomic E-state index is 0.838. The van der Waals surface area contributed by atoms with Crippen molar-refractivity contribution < 1.29 is 0 Å². The number of aryl methyl sites for hydroxylation is 1. The van der Waals surface area contributed by atoms with Crippen LogP contribution >= 0.6 is 15.9 Å². The summed E-state index contributed by atoms with van der Waals surface area (Å²) in [4.78, 5) is 7.84. The Morgan fingerprint density at radius 3 is 2.94 bits per heavy atom. The third-order valence-corrected chi connectivity index (χ3v) is 2.97. The molecule has 5 heteroatoms. The third kappa shape index (κ3) is 1.44. The molecule has 0 unspecified atom stereocenters. The summed E-state index contributed by atoms with van der Waals surface area (Å²) >= 11 is 3.47. The minimum Gasteiger partial charge on any atom is -0.338 e. The standard InChI is InChI=1S/C11H9BrN4/c1-6-2-8(12)3-9-10(6)16-11(15-9)7-4-13-14-5-7/h2-5H,1H3,(H,13,14)(H,15,16). The summed E-state index contributed by atoms with van der Waals surface area (Å²) in [6.45, 7) is 2.05. The molecule has 0 saturated heterocycles. The van der Waals surface area contributed by atoms with Gasteiger partial charge in [-0.05, 0) is 24.6 Å². The average molecular weight is 277 g/mol. The molecule has 0 aliphatic rings. The van der Waals surface area contributed by atoms with E-state index < -0.39 is 0 Å². The Bertz CT molecular complexity index is 639. The summed E-state index contributed by atoms with van der Waals surface area (Å²) in [7, 11) is 0. The molecule has 0 atom stereocenters. The van der Waals surface area contributed by atoms with Crippen molar-refractivity contribution >= 4 is 27.0 Å². The van der Waals surface area contributed by atoms with Gasteiger partial charge < -0.3 is 4.98 Å². The van der Waals surface area contributed by atoms with Crippen LogP contribution in [-0.2, 0) is 0 Å². The number of aromatic amines is 2. The summed E-state index contributed by atoms with van der Waals surface area (Å²) in [5.74, 6) is 0.838. The Balaban J connectivity index is 2.27. The van der Waals surface area contributed by atoms with Gasteiger partial charge in [0.25, 0.3) is 0 Å². The lowest BCUT2D eigenvalue weighted by molar-refractivity contribution is 1.09. The van der Waals surface area contributed by atoms with Crippen LogP contribution in [0.25, 0.3) is 22.4 Å². The molecule has 0 aliphatic heterocycles. The van der Waals surface area contributed by atoms with Gasteiger partial charge in [-0.3, -0.25) is 5.10 Å². The fourth-order valence-corrected chi connectivity index (χ4v) is 2.34. The number of rotatable bonds is 1. The van der Waals surface area contributed by atoms with Crippen LogP contribution in [0, 0.1) is 6.92 Å². The number of hydrogen-bond donors (Lipinski definition) is 2. The first kappa shape index (κ1) is 9.59. The van der Waals surface area contributed by atoms with Gasteiger partial charge in [0.15, 0.2) is 0 Å². The van der Waals surface area contributed by atoms with Crippen molar-refractivity contribution in [3.63, 3.8) is 0 Å². The van der Waals surface area contributed by atoms with Gasteiger partial charge >= 0.3 is 0 Å². The molecule has 3 rings (SSSR count). The van der Waals surface area contributed by atoms with E-state index in [9.17, 15) is 0 Å². The SMILES string of the molecule is Cc1cc(Br)cc2[nH]c(-c3cn[nH]c3)nc12. The zero-order valence-corrected chi connectivity index (χ0v) is 10.2. The van der Waals surface area contributed by atoms with E-state index in [-0.39, 0.29) is 0 Å². The molecule has 2 heterocycles. The Morgan fingerprint density at radius 2 is 2.19 bits per heavy atom. The molecule has 1 aromatic carbocycles. The van der Waals surface area contributed by atoms with Crippen molar-refractivity contribution in [1.29, 1.82) is 0 Å². The van der Waals surface area contributed by atoms with Gasteiger partial charge in [0, 0.05) is 10.7 Å². The molecule has 0 spiro atoms. The monoisotopic (exact) mass is 276 g/mol. The zero-order chi connectivity index (χ0) is 11.1.